The van der Waals surface area contributed by atoms with Crippen molar-refractivity contribution in [2.24, 2.45) is 0 Å². The average Bonchev–Trinajstić information content (AvgIpc) is 2.73. The highest BCUT2D eigenvalue weighted by Crippen LogP contribution is 2.12. The monoisotopic (exact) mass is 253 g/mol. The third kappa shape index (κ3) is 4.37. The van der Waals surface area contributed by atoms with Crippen LogP contribution in [0.1, 0.15) is 36.4 Å². The lowest BCUT2D eigenvalue weighted by Crippen LogP contribution is -2.36. The summed E-state index contributed by atoms with van der Waals surface area (Å²) < 4.78 is 0. The largest absolute Gasteiger partial charge is 0.314 e. The summed E-state index contributed by atoms with van der Waals surface area (Å²) in [5, 5.41) is 6.94. The molecule has 0 radical (unpaired) electrons. The van der Waals surface area contributed by atoms with E-state index >= 15 is 0 Å². The van der Waals surface area contributed by atoms with Crippen LogP contribution in [0.5, 0.6) is 0 Å². The third-order valence-electron chi connectivity index (χ3n) is 3.37. The predicted octanol–water partition coefficient (Wildman–Crippen LogP) is 2.42. The Kier molecular flexibility index (Phi) is 4.95. The lowest BCUT2D eigenvalue weighted by atomic mass is 10.0. The van der Waals surface area contributed by atoms with E-state index in [0.29, 0.717) is 0 Å². The zero-order valence-corrected chi connectivity index (χ0v) is 11.7. The highest BCUT2D eigenvalue weighted by Gasteiger charge is 2.13. The molecule has 2 heterocycles. The molecule has 0 aliphatic carbocycles. The van der Waals surface area contributed by atoms with E-state index < -0.39 is 0 Å². The molecule has 3 nitrogen and oxygen atoms in total. The summed E-state index contributed by atoms with van der Waals surface area (Å²) in [7, 11) is 2.19. The van der Waals surface area contributed by atoms with Gasteiger partial charge in [-0.2, -0.15) is 0 Å². The summed E-state index contributed by atoms with van der Waals surface area (Å²) >= 11 is 1.74. The van der Waals surface area contributed by atoms with Crippen molar-refractivity contribution < 1.29 is 0 Å². The van der Waals surface area contributed by atoms with Crippen LogP contribution in [0, 0.1) is 6.92 Å². The van der Waals surface area contributed by atoms with Crippen molar-refractivity contribution in [2.45, 2.75) is 45.2 Å². The first kappa shape index (κ1) is 13.0. The molecule has 1 saturated heterocycles. The summed E-state index contributed by atoms with van der Waals surface area (Å²) in [5.41, 5.74) is 1.21. The molecule has 4 heteroatoms. The number of nitrogens with zero attached hydrogens (tertiary/aromatic N) is 2. The Hall–Kier alpha value is -0.450. The van der Waals surface area contributed by atoms with Crippen molar-refractivity contribution in [3.63, 3.8) is 0 Å². The van der Waals surface area contributed by atoms with E-state index in [1.165, 1.54) is 42.9 Å². The van der Waals surface area contributed by atoms with Crippen LogP contribution in [0.25, 0.3) is 0 Å². The van der Waals surface area contributed by atoms with Crippen LogP contribution in [-0.4, -0.2) is 36.1 Å². The second-order valence-corrected chi connectivity index (χ2v) is 6.09. The van der Waals surface area contributed by atoms with Gasteiger partial charge in [0.05, 0.1) is 10.7 Å². The first-order valence-corrected chi connectivity index (χ1v) is 7.45. The summed E-state index contributed by atoms with van der Waals surface area (Å²) in [6.45, 7) is 5.42. The molecule has 1 fully saturated rings. The van der Waals surface area contributed by atoms with E-state index in [9.17, 15) is 0 Å². The van der Waals surface area contributed by atoms with Crippen molar-refractivity contribution in [3.8, 4) is 0 Å². The molecular weight excluding hydrogens is 230 g/mol. The molecule has 0 bridgehead atoms. The zero-order valence-electron chi connectivity index (χ0n) is 10.9. The van der Waals surface area contributed by atoms with Crippen LogP contribution in [0.15, 0.2) is 5.38 Å². The summed E-state index contributed by atoms with van der Waals surface area (Å²) in [6, 6.07) is 0.739. The molecule has 1 unspecified atom stereocenters. The molecule has 0 amide bonds. The fraction of sp³-hybridized carbons (Fsp3) is 0.769. The standard InChI is InChI=1S/C13H23N3S/c1-11-15-13(10-17-11)9-16(2)8-6-12-5-3-4-7-14-12/h10,12,14H,3-9H2,1-2H3. The highest BCUT2D eigenvalue weighted by atomic mass is 32.1. The lowest BCUT2D eigenvalue weighted by molar-refractivity contribution is 0.280. The Morgan fingerprint density at radius 2 is 2.41 bits per heavy atom. The van der Waals surface area contributed by atoms with E-state index in [1.807, 2.05) is 0 Å². The highest BCUT2D eigenvalue weighted by molar-refractivity contribution is 7.09. The van der Waals surface area contributed by atoms with E-state index in [0.717, 1.165) is 19.1 Å². The number of aromatic nitrogens is 1. The smallest absolute Gasteiger partial charge is 0.0897 e. The molecule has 1 aromatic rings. The number of piperidine rings is 1. The molecule has 0 spiro atoms. The zero-order chi connectivity index (χ0) is 12.1. The van der Waals surface area contributed by atoms with Crippen LogP contribution < -0.4 is 5.32 Å². The maximum absolute atomic E-state index is 4.51. The van der Waals surface area contributed by atoms with Gasteiger partial charge in [0.15, 0.2) is 0 Å². The van der Waals surface area contributed by atoms with Crippen molar-refractivity contribution in [2.75, 3.05) is 20.1 Å². The van der Waals surface area contributed by atoms with Gasteiger partial charge in [0, 0.05) is 18.0 Å². The molecule has 0 saturated carbocycles. The molecule has 1 aliphatic heterocycles. The first-order valence-electron chi connectivity index (χ1n) is 6.57. The van der Waals surface area contributed by atoms with Gasteiger partial charge in [-0.3, -0.25) is 0 Å². The number of hydrogen-bond donors (Lipinski definition) is 1. The van der Waals surface area contributed by atoms with E-state index in [1.54, 1.807) is 11.3 Å². The normalized spacial score (nSPS) is 21.0. The minimum absolute atomic E-state index is 0.739. The minimum atomic E-state index is 0.739. The van der Waals surface area contributed by atoms with Crippen LogP contribution in [0.3, 0.4) is 0 Å². The Balaban J connectivity index is 1.68. The summed E-state index contributed by atoms with van der Waals surface area (Å²) in [4.78, 5) is 6.89. The third-order valence-corrected chi connectivity index (χ3v) is 4.19. The molecule has 0 aromatic carbocycles. The van der Waals surface area contributed by atoms with Gasteiger partial charge in [-0.25, -0.2) is 4.98 Å². The van der Waals surface area contributed by atoms with Crippen LogP contribution in [0.4, 0.5) is 0 Å². The lowest BCUT2D eigenvalue weighted by Gasteiger charge is -2.25. The second kappa shape index (κ2) is 6.47. The summed E-state index contributed by atoms with van der Waals surface area (Å²) in [6.07, 6.45) is 5.36. The van der Waals surface area contributed by atoms with Gasteiger partial charge in [0.1, 0.15) is 0 Å². The van der Waals surface area contributed by atoms with Crippen LogP contribution in [-0.2, 0) is 6.54 Å². The maximum Gasteiger partial charge on any atom is 0.0897 e. The fourth-order valence-electron chi connectivity index (χ4n) is 2.38. The van der Waals surface area contributed by atoms with Gasteiger partial charge in [0.25, 0.3) is 0 Å². The van der Waals surface area contributed by atoms with Crippen molar-refractivity contribution in [3.05, 3.63) is 16.1 Å². The Bertz CT molecular complexity index is 331. The summed E-state index contributed by atoms with van der Waals surface area (Å²) in [5.74, 6) is 0. The molecule has 2 rings (SSSR count). The van der Waals surface area contributed by atoms with Gasteiger partial charge < -0.3 is 10.2 Å². The van der Waals surface area contributed by atoms with Gasteiger partial charge in [0.2, 0.25) is 0 Å². The number of thiazole rings is 1. The topological polar surface area (TPSA) is 28.2 Å². The molecule has 1 aliphatic rings. The first-order chi connectivity index (χ1) is 8.24. The molecule has 17 heavy (non-hydrogen) atoms. The maximum atomic E-state index is 4.51. The Morgan fingerprint density at radius 1 is 1.53 bits per heavy atom. The van der Waals surface area contributed by atoms with Crippen LogP contribution in [0.2, 0.25) is 0 Å². The van der Waals surface area contributed by atoms with Crippen molar-refractivity contribution in [1.82, 2.24) is 15.2 Å². The number of nitrogens with one attached hydrogen (secondary N) is 1. The average molecular weight is 253 g/mol. The predicted molar refractivity (Wildman–Crippen MR) is 73.4 cm³/mol. The SMILES string of the molecule is Cc1nc(CN(C)CCC2CCCCN2)cs1. The van der Waals surface area contributed by atoms with E-state index in [2.05, 4.69) is 34.6 Å². The Morgan fingerprint density at radius 3 is 3.06 bits per heavy atom. The van der Waals surface area contributed by atoms with E-state index in [4.69, 9.17) is 0 Å². The van der Waals surface area contributed by atoms with Gasteiger partial charge in [-0.05, 0) is 46.3 Å². The van der Waals surface area contributed by atoms with Gasteiger partial charge in [-0.1, -0.05) is 6.42 Å². The number of rotatable bonds is 5. The second-order valence-electron chi connectivity index (χ2n) is 5.03. The van der Waals surface area contributed by atoms with Crippen molar-refractivity contribution in [1.29, 1.82) is 0 Å². The molecule has 1 aromatic heterocycles. The molecule has 96 valence electrons. The molecular formula is C13H23N3S. The van der Waals surface area contributed by atoms with Gasteiger partial charge >= 0.3 is 0 Å². The Labute approximate surface area is 108 Å². The van der Waals surface area contributed by atoms with Gasteiger partial charge in [-0.15, -0.1) is 11.3 Å². The molecule has 1 N–H and O–H groups in total. The number of aryl methyl sites for hydroxylation is 1. The fourth-order valence-corrected chi connectivity index (χ4v) is 2.99. The minimum Gasteiger partial charge on any atom is -0.314 e. The number of hydrogen-bond acceptors (Lipinski definition) is 4. The quantitative estimate of drug-likeness (QED) is 0.873. The van der Waals surface area contributed by atoms with Crippen LogP contribution >= 0.6 is 11.3 Å². The molecule has 1 atom stereocenters. The van der Waals surface area contributed by atoms with E-state index in [-0.39, 0.29) is 0 Å². The van der Waals surface area contributed by atoms with Crippen molar-refractivity contribution >= 4 is 11.3 Å².